The number of aromatic nitrogens is 2. The molecular weight excluding hydrogens is 664 g/mol. The van der Waals surface area contributed by atoms with E-state index in [4.69, 9.17) is 19.4 Å². The zero-order chi connectivity index (χ0) is 29.6. The Balaban J connectivity index is 1.58. The number of hydrogen-bond donors (Lipinski definition) is 1. The summed E-state index contributed by atoms with van der Waals surface area (Å²) in [6, 6.07) is 21.6. The lowest BCUT2D eigenvalue weighted by atomic mass is 9.51. The largest absolute Gasteiger partial charge is 0.477 e. The first kappa shape index (κ1) is 27.4. The van der Waals surface area contributed by atoms with Gasteiger partial charge in [0.15, 0.2) is 5.60 Å². The Bertz CT molecular complexity index is 1820. The number of aliphatic hydroxyl groups is 1. The Morgan fingerprint density at radius 3 is 1.95 bits per heavy atom. The molecule has 9 heteroatoms. The van der Waals surface area contributed by atoms with Gasteiger partial charge in [0, 0.05) is 5.69 Å². The average molecular weight is 690 g/mol. The highest BCUT2D eigenvalue weighted by Crippen LogP contribution is 2.65. The molecule has 0 bridgehead atoms. The normalized spacial score (nSPS) is 29.4. The molecule has 42 heavy (non-hydrogen) atoms. The van der Waals surface area contributed by atoms with Crippen molar-refractivity contribution in [3.05, 3.63) is 116 Å². The van der Waals surface area contributed by atoms with Crippen molar-refractivity contribution in [3.63, 3.8) is 0 Å². The van der Waals surface area contributed by atoms with Crippen molar-refractivity contribution >= 4 is 43.4 Å². The molecule has 0 unspecified atom stereocenters. The highest BCUT2D eigenvalue weighted by Gasteiger charge is 2.79. The molecule has 7 rings (SSSR count). The molecule has 1 fully saturated rings. The molecule has 0 amide bonds. The van der Waals surface area contributed by atoms with Crippen molar-refractivity contribution in [1.29, 1.82) is 0 Å². The highest BCUT2D eigenvalue weighted by molar-refractivity contribution is 9.10. The maximum absolute atomic E-state index is 15.0. The number of Topliss-reactive ketones (excluding diaryl/α,β-unsaturated/α-hetero) is 2. The van der Waals surface area contributed by atoms with Gasteiger partial charge in [-0.2, -0.15) is 0 Å². The Labute approximate surface area is 259 Å². The van der Waals surface area contributed by atoms with Gasteiger partial charge in [-0.05, 0) is 108 Å². The van der Waals surface area contributed by atoms with Crippen LogP contribution in [0.3, 0.4) is 0 Å². The molecule has 1 N–H and O–H groups in total. The van der Waals surface area contributed by atoms with E-state index in [9.17, 15) is 14.7 Å². The number of nitrogens with zero attached hydrogens (tertiary/aromatic N) is 2. The van der Waals surface area contributed by atoms with Crippen LogP contribution in [0.5, 0.6) is 11.5 Å². The van der Waals surface area contributed by atoms with E-state index in [0.29, 0.717) is 43.2 Å². The highest BCUT2D eigenvalue weighted by atomic mass is 79.9. The molecular formula is C33H26Br2N2O5. The maximum atomic E-state index is 15.0. The number of aryl methyl sites for hydroxylation is 2. The fraction of sp³-hybridized carbons (Fsp3) is 0.273. The van der Waals surface area contributed by atoms with Crippen LogP contribution in [0, 0.1) is 13.8 Å². The van der Waals surface area contributed by atoms with Crippen LogP contribution in [0.1, 0.15) is 68.4 Å². The predicted octanol–water partition coefficient (Wildman–Crippen LogP) is 6.67. The predicted molar refractivity (Wildman–Crippen MR) is 162 cm³/mol. The molecule has 7 nitrogen and oxygen atoms in total. The van der Waals surface area contributed by atoms with Gasteiger partial charge in [0.1, 0.15) is 26.3 Å². The molecule has 4 aromatic rings. The third kappa shape index (κ3) is 3.66. The second kappa shape index (κ2) is 9.30. The van der Waals surface area contributed by atoms with Crippen LogP contribution in [0.2, 0.25) is 0 Å². The molecule has 212 valence electrons. The smallest absolute Gasteiger partial charge is 0.214 e. The Hall–Kier alpha value is -3.40. The lowest BCUT2D eigenvalue weighted by Gasteiger charge is -2.57. The number of halogens is 2. The first-order valence-electron chi connectivity index (χ1n) is 13.6. The number of ether oxygens (including phenoxy) is 2. The molecule has 0 radical (unpaired) electrons. The first-order chi connectivity index (χ1) is 20.0. The van der Waals surface area contributed by atoms with Crippen LogP contribution in [-0.4, -0.2) is 43.4 Å². The summed E-state index contributed by atoms with van der Waals surface area (Å²) >= 11 is 6.96. The molecule has 2 aromatic carbocycles. The topological polar surface area (TPSA) is 98.6 Å². The zero-order valence-corrected chi connectivity index (χ0v) is 26.2. The van der Waals surface area contributed by atoms with Gasteiger partial charge in [-0.15, -0.1) is 0 Å². The fourth-order valence-corrected chi connectivity index (χ4v) is 7.83. The second-order valence-electron chi connectivity index (χ2n) is 11.6. The molecule has 1 aliphatic carbocycles. The number of benzene rings is 2. The Morgan fingerprint density at radius 2 is 1.33 bits per heavy atom. The number of pyridine rings is 2. The van der Waals surface area contributed by atoms with Crippen LogP contribution < -0.4 is 9.47 Å². The summed E-state index contributed by atoms with van der Waals surface area (Å²) < 4.78 is 14.6. The molecule has 2 spiro atoms. The lowest BCUT2D eigenvalue weighted by molar-refractivity contribution is -0.173. The molecule has 5 atom stereocenters. The number of hydrogen-bond acceptors (Lipinski definition) is 7. The molecule has 3 aliphatic rings. The summed E-state index contributed by atoms with van der Waals surface area (Å²) in [6.07, 6.45) is -0.0433. The molecule has 2 aliphatic heterocycles. The van der Waals surface area contributed by atoms with Gasteiger partial charge in [-0.1, -0.05) is 35.4 Å². The fourth-order valence-electron chi connectivity index (χ4n) is 7.11. The van der Waals surface area contributed by atoms with Crippen molar-refractivity contribution in [2.45, 2.75) is 55.8 Å². The van der Waals surface area contributed by atoms with E-state index in [1.54, 1.807) is 55.5 Å². The minimum absolute atomic E-state index is 0.0433. The summed E-state index contributed by atoms with van der Waals surface area (Å²) in [6.45, 7) is 5.40. The van der Waals surface area contributed by atoms with E-state index in [1.165, 1.54) is 0 Å². The minimum Gasteiger partial charge on any atom is -0.477 e. The maximum Gasteiger partial charge on any atom is 0.214 e. The second-order valence-corrected chi connectivity index (χ2v) is 13.2. The van der Waals surface area contributed by atoms with Crippen LogP contribution in [0.4, 0.5) is 0 Å². The lowest BCUT2D eigenvalue weighted by Crippen LogP contribution is -2.75. The summed E-state index contributed by atoms with van der Waals surface area (Å²) in [5.41, 5.74) is -2.01. The Morgan fingerprint density at radius 1 is 0.786 bits per heavy atom. The SMILES string of the molecule is Cc1ccc2c(c1)C(=O)[C@]1(O2)[C@@H](c2cccc(Br)n2)[C@@]2(Oc3ccc(C)cc3C2=O)[C@](C)(O)C[C@H]1c1cccc(Br)n1. The third-order valence-corrected chi connectivity index (χ3v) is 9.77. The van der Waals surface area contributed by atoms with Gasteiger partial charge >= 0.3 is 0 Å². The number of carbonyl (C=O) groups is 2. The molecule has 4 heterocycles. The van der Waals surface area contributed by atoms with Gasteiger partial charge in [0.25, 0.3) is 0 Å². The third-order valence-electron chi connectivity index (χ3n) is 8.88. The molecule has 2 aromatic heterocycles. The van der Waals surface area contributed by atoms with Crippen molar-refractivity contribution in [1.82, 2.24) is 9.97 Å². The minimum atomic E-state index is -1.94. The van der Waals surface area contributed by atoms with E-state index in [-0.39, 0.29) is 12.2 Å². The van der Waals surface area contributed by atoms with Crippen LogP contribution in [-0.2, 0) is 0 Å². The number of ketones is 2. The van der Waals surface area contributed by atoms with E-state index in [2.05, 4.69) is 31.9 Å². The van der Waals surface area contributed by atoms with Crippen molar-refractivity contribution in [3.8, 4) is 11.5 Å². The van der Waals surface area contributed by atoms with E-state index in [0.717, 1.165) is 11.1 Å². The monoisotopic (exact) mass is 688 g/mol. The van der Waals surface area contributed by atoms with Gasteiger partial charge in [-0.3, -0.25) is 9.59 Å². The van der Waals surface area contributed by atoms with Crippen molar-refractivity contribution < 1.29 is 24.2 Å². The summed E-state index contributed by atoms with van der Waals surface area (Å²) in [4.78, 5) is 39.3. The number of fused-ring (bicyclic) bond motifs is 2. The van der Waals surface area contributed by atoms with Gasteiger partial charge in [0.2, 0.25) is 17.2 Å². The summed E-state index contributed by atoms with van der Waals surface area (Å²) in [5.74, 6) is -1.92. The number of rotatable bonds is 2. The zero-order valence-electron chi connectivity index (χ0n) is 23.0. The van der Waals surface area contributed by atoms with Crippen LogP contribution in [0.15, 0.2) is 82.0 Å². The quantitative estimate of drug-likeness (QED) is 0.235. The average Bonchev–Trinajstić information content (AvgIpc) is 3.39. The van der Waals surface area contributed by atoms with E-state index < -0.39 is 34.4 Å². The van der Waals surface area contributed by atoms with Gasteiger partial charge < -0.3 is 14.6 Å². The summed E-state index contributed by atoms with van der Waals surface area (Å²) in [7, 11) is 0. The Kier molecular flexibility index (Phi) is 6.07. The van der Waals surface area contributed by atoms with E-state index >= 15 is 0 Å². The number of carbonyl (C=O) groups excluding carboxylic acids is 2. The van der Waals surface area contributed by atoms with Crippen LogP contribution >= 0.6 is 31.9 Å². The van der Waals surface area contributed by atoms with Crippen LogP contribution in [0.25, 0.3) is 0 Å². The summed E-state index contributed by atoms with van der Waals surface area (Å²) in [5, 5.41) is 12.5. The van der Waals surface area contributed by atoms with E-state index in [1.807, 2.05) is 38.1 Å². The standard InChI is InChI=1S/C33H26Br2N2O5/c1-17-10-12-24-19(14-17)29(38)32(41-24)21(22-6-4-8-26(34)36-22)16-31(3,40)33(28(32)23-7-5-9-27(35)37-23)30(39)20-15-18(2)11-13-25(20)42-33/h4-15,21,28,40H,16H2,1-3H3/t21-,28+,31+,32+,33-/m0/s1. The van der Waals surface area contributed by atoms with Crippen molar-refractivity contribution in [2.24, 2.45) is 0 Å². The van der Waals surface area contributed by atoms with Crippen molar-refractivity contribution in [2.75, 3.05) is 0 Å². The van der Waals surface area contributed by atoms with Gasteiger partial charge in [-0.25, -0.2) is 9.97 Å². The molecule has 0 saturated heterocycles. The molecule has 1 saturated carbocycles. The van der Waals surface area contributed by atoms with Gasteiger partial charge in [0.05, 0.1) is 28.7 Å². The first-order valence-corrected chi connectivity index (χ1v) is 15.2.